The smallest absolute Gasteiger partial charge is 0.174 e. The predicted molar refractivity (Wildman–Crippen MR) is 119 cm³/mol. The first-order valence-electron chi connectivity index (χ1n) is 9.73. The standard InChI is InChI=1S/C25H23N3O/c1-3-29-23-16-20(17-26-25(23)28-24-15-9-10-18(2)27-24)22-14-8-7-13-21(22)19-11-5-4-6-12-19/h4-17H,3H2,1-2H3,(H,26,27,28). The number of hydrogen-bond acceptors (Lipinski definition) is 4. The molecule has 0 aliphatic carbocycles. The molecule has 4 aromatic rings. The highest BCUT2D eigenvalue weighted by molar-refractivity contribution is 5.84. The highest BCUT2D eigenvalue weighted by Crippen LogP contribution is 2.35. The fourth-order valence-electron chi connectivity index (χ4n) is 3.29. The largest absolute Gasteiger partial charge is 0.490 e. The third-order valence-corrected chi connectivity index (χ3v) is 4.61. The molecular weight excluding hydrogens is 358 g/mol. The third kappa shape index (κ3) is 4.27. The van der Waals surface area contributed by atoms with Gasteiger partial charge < -0.3 is 10.1 Å². The van der Waals surface area contributed by atoms with Gasteiger partial charge in [0.05, 0.1) is 6.61 Å². The normalized spacial score (nSPS) is 10.6. The van der Waals surface area contributed by atoms with E-state index in [0.717, 1.165) is 22.6 Å². The minimum Gasteiger partial charge on any atom is -0.490 e. The van der Waals surface area contributed by atoms with Gasteiger partial charge in [0.25, 0.3) is 0 Å². The second-order valence-electron chi connectivity index (χ2n) is 6.70. The SMILES string of the molecule is CCOc1cc(-c2ccccc2-c2ccccc2)cnc1Nc1cccc(C)n1. The molecule has 0 radical (unpaired) electrons. The second-order valence-corrected chi connectivity index (χ2v) is 6.70. The van der Waals surface area contributed by atoms with Crippen molar-refractivity contribution in [1.82, 2.24) is 9.97 Å². The maximum atomic E-state index is 5.89. The summed E-state index contributed by atoms with van der Waals surface area (Å²) in [7, 11) is 0. The number of aryl methyl sites for hydroxylation is 1. The molecule has 2 heterocycles. The van der Waals surface area contributed by atoms with Gasteiger partial charge in [0, 0.05) is 17.5 Å². The van der Waals surface area contributed by atoms with Crippen LogP contribution in [0, 0.1) is 6.92 Å². The quantitative estimate of drug-likeness (QED) is 0.428. The van der Waals surface area contributed by atoms with Crippen molar-refractivity contribution in [3.8, 4) is 28.0 Å². The Balaban J connectivity index is 1.74. The fourth-order valence-corrected chi connectivity index (χ4v) is 3.29. The number of benzene rings is 2. The van der Waals surface area contributed by atoms with Gasteiger partial charge >= 0.3 is 0 Å². The molecule has 0 unspecified atom stereocenters. The van der Waals surface area contributed by atoms with E-state index in [2.05, 4.69) is 57.7 Å². The fraction of sp³-hybridized carbons (Fsp3) is 0.120. The van der Waals surface area contributed by atoms with E-state index in [1.807, 2.05) is 56.4 Å². The first-order valence-corrected chi connectivity index (χ1v) is 9.73. The van der Waals surface area contributed by atoms with Crippen LogP contribution in [0.25, 0.3) is 22.3 Å². The van der Waals surface area contributed by atoms with Crippen LogP contribution >= 0.6 is 0 Å². The Hall–Kier alpha value is -3.66. The van der Waals surface area contributed by atoms with Crippen molar-refractivity contribution in [1.29, 1.82) is 0 Å². The van der Waals surface area contributed by atoms with Gasteiger partial charge in [-0.3, -0.25) is 0 Å². The first-order chi connectivity index (χ1) is 14.2. The van der Waals surface area contributed by atoms with Crippen LogP contribution in [0.1, 0.15) is 12.6 Å². The van der Waals surface area contributed by atoms with Crippen molar-refractivity contribution >= 4 is 11.6 Å². The molecule has 0 atom stereocenters. The van der Waals surface area contributed by atoms with E-state index in [-0.39, 0.29) is 0 Å². The molecule has 2 aromatic carbocycles. The van der Waals surface area contributed by atoms with Gasteiger partial charge in [-0.2, -0.15) is 0 Å². The summed E-state index contributed by atoms with van der Waals surface area (Å²) in [6.45, 7) is 4.49. The van der Waals surface area contributed by atoms with Crippen LogP contribution in [0.3, 0.4) is 0 Å². The Morgan fingerprint density at radius 3 is 2.28 bits per heavy atom. The Bertz CT molecular complexity index is 1110. The molecule has 4 nitrogen and oxygen atoms in total. The lowest BCUT2D eigenvalue weighted by molar-refractivity contribution is 0.341. The Labute approximate surface area is 171 Å². The van der Waals surface area contributed by atoms with Crippen LogP contribution in [0.5, 0.6) is 5.75 Å². The molecule has 2 aromatic heterocycles. The van der Waals surface area contributed by atoms with E-state index < -0.39 is 0 Å². The molecule has 0 saturated carbocycles. The van der Waals surface area contributed by atoms with Gasteiger partial charge in [-0.25, -0.2) is 9.97 Å². The summed E-state index contributed by atoms with van der Waals surface area (Å²) in [6.07, 6.45) is 1.88. The molecule has 144 valence electrons. The summed E-state index contributed by atoms with van der Waals surface area (Å²) in [5, 5.41) is 3.28. The minimum atomic E-state index is 0.557. The number of anilines is 2. The van der Waals surface area contributed by atoms with Gasteiger partial charge in [0.2, 0.25) is 0 Å². The number of aromatic nitrogens is 2. The molecule has 0 spiro atoms. The van der Waals surface area contributed by atoms with E-state index in [1.165, 1.54) is 11.1 Å². The topological polar surface area (TPSA) is 47.0 Å². The minimum absolute atomic E-state index is 0.557. The van der Waals surface area contributed by atoms with Crippen LogP contribution in [0.2, 0.25) is 0 Å². The second kappa shape index (κ2) is 8.57. The Morgan fingerprint density at radius 2 is 1.55 bits per heavy atom. The molecule has 0 aliphatic rings. The summed E-state index contributed by atoms with van der Waals surface area (Å²) in [6, 6.07) is 26.6. The third-order valence-electron chi connectivity index (χ3n) is 4.61. The summed E-state index contributed by atoms with van der Waals surface area (Å²) >= 11 is 0. The number of nitrogens with zero attached hydrogens (tertiary/aromatic N) is 2. The number of rotatable bonds is 6. The lowest BCUT2D eigenvalue weighted by Gasteiger charge is -2.15. The maximum absolute atomic E-state index is 5.89. The number of nitrogens with one attached hydrogen (secondary N) is 1. The molecular formula is C25H23N3O. The van der Waals surface area contributed by atoms with Gasteiger partial charge in [-0.15, -0.1) is 0 Å². The van der Waals surface area contributed by atoms with E-state index in [0.29, 0.717) is 18.2 Å². The lowest BCUT2D eigenvalue weighted by atomic mass is 9.95. The summed E-state index contributed by atoms with van der Waals surface area (Å²) in [5.41, 5.74) is 5.41. The van der Waals surface area contributed by atoms with Crippen molar-refractivity contribution < 1.29 is 4.74 Å². The van der Waals surface area contributed by atoms with Crippen LogP contribution in [0.15, 0.2) is 85.1 Å². The van der Waals surface area contributed by atoms with E-state index in [1.54, 1.807) is 0 Å². The zero-order valence-corrected chi connectivity index (χ0v) is 16.6. The zero-order valence-electron chi connectivity index (χ0n) is 16.6. The monoisotopic (exact) mass is 381 g/mol. The number of hydrogen-bond donors (Lipinski definition) is 1. The van der Waals surface area contributed by atoms with Crippen LogP contribution in [-0.2, 0) is 0 Å². The summed E-state index contributed by atoms with van der Waals surface area (Å²) in [4.78, 5) is 9.15. The van der Waals surface area contributed by atoms with E-state index >= 15 is 0 Å². The molecule has 29 heavy (non-hydrogen) atoms. The number of pyridine rings is 2. The van der Waals surface area contributed by atoms with Crippen molar-refractivity contribution in [2.45, 2.75) is 13.8 Å². The van der Waals surface area contributed by atoms with E-state index in [4.69, 9.17) is 4.74 Å². The zero-order chi connectivity index (χ0) is 20.1. The van der Waals surface area contributed by atoms with E-state index in [9.17, 15) is 0 Å². The van der Waals surface area contributed by atoms with Crippen LogP contribution in [-0.4, -0.2) is 16.6 Å². The highest BCUT2D eigenvalue weighted by Gasteiger charge is 2.12. The molecule has 1 N–H and O–H groups in total. The molecule has 0 bridgehead atoms. The molecule has 0 aliphatic heterocycles. The molecule has 4 rings (SSSR count). The average molecular weight is 381 g/mol. The van der Waals surface area contributed by atoms with Crippen LogP contribution < -0.4 is 10.1 Å². The average Bonchev–Trinajstić information content (AvgIpc) is 2.76. The molecule has 0 fully saturated rings. The van der Waals surface area contributed by atoms with Gasteiger partial charge in [-0.05, 0) is 48.7 Å². The maximum Gasteiger partial charge on any atom is 0.174 e. The van der Waals surface area contributed by atoms with Crippen molar-refractivity contribution in [2.75, 3.05) is 11.9 Å². The van der Waals surface area contributed by atoms with Crippen LogP contribution in [0.4, 0.5) is 11.6 Å². The summed E-state index contributed by atoms with van der Waals surface area (Å²) in [5.74, 6) is 2.11. The van der Waals surface area contributed by atoms with Gasteiger partial charge in [0.1, 0.15) is 5.82 Å². The Morgan fingerprint density at radius 1 is 0.828 bits per heavy atom. The highest BCUT2D eigenvalue weighted by atomic mass is 16.5. The van der Waals surface area contributed by atoms with Gasteiger partial charge in [-0.1, -0.05) is 60.7 Å². The van der Waals surface area contributed by atoms with Crippen molar-refractivity contribution in [2.24, 2.45) is 0 Å². The predicted octanol–water partition coefficient (Wildman–Crippen LogP) is 6.26. The summed E-state index contributed by atoms with van der Waals surface area (Å²) < 4.78 is 5.89. The van der Waals surface area contributed by atoms with Crippen molar-refractivity contribution in [3.05, 3.63) is 90.8 Å². The Kier molecular flexibility index (Phi) is 5.52. The number of ether oxygens (including phenoxy) is 1. The first kappa shape index (κ1) is 18.7. The lowest BCUT2D eigenvalue weighted by Crippen LogP contribution is -2.02. The van der Waals surface area contributed by atoms with Gasteiger partial charge in [0.15, 0.2) is 11.6 Å². The molecule has 0 amide bonds. The molecule has 4 heteroatoms. The molecule has 0 saturated heterocycles. The van der Waals surface area contributed by atoms with Crippen molar-refractivity contribution in [3.63, 3.8) is 0 Å².